The Labute approximate surface area is 58.8 Å². The van der Waals surface area contributed by atoms with Crippen LogP contribution in [0.25, 0.3) is 0 Å². The van der Waals surface area contributed by atoms with Gasteiger partial charge in [-0.05, 0) is 26.1 Å². The Morgan fingerprint density at radius 1 is 1.44 bits per heavy atom. The molecule has 0 aliphatic rings. The van der Waals surface area contributed by atoms with Crippen molar-refractivity contribution < 1.29 is 0 Å². The van der Waals surface area contributed by atoms with E-state index in [2.05, 4.69) is 12.2 Å². The number of nitrogens with one attached hydrogen (secondary N) is 1. The molecule has 9 heavy (non-hydrogen) atoms. The summed E-state index contributed by atoms with van der Waals surface area (Å²) in [6.07, 6.45) is 1.23. The molecule has 0 unspecified atom stereocenters. The van der Waals surface area contributed by atoms with Crippen molar-refractivity contribution >= 4 is 0 Å². The van der Waals surface area contributed by atoms with E-state index < -0.39 is 0 Å². The summed E-state index contributed by atoms with van der Waals surface area (Å²) in [6.45, 7) is 7.18. The second kappa shape index (κ2) is 10.8. The first-order valence-electron chi connectivity index (χ1n) is 3.55. The highest BCUT2D eigenvalue weighted by molar-refractivity contribution is 4.32. The SMILES string of the molecule is CC(C)N.CCCNC. The minimum absolute atomic E-state index is 0.333. The van der Waals surface area contributed by atoms with Gasteiger partial charge in [0.2, 0.25) is 0 Å². The molecule has 0 aromatic rings. The van der Waals surface area contributed by atoms with Gasteiger partial charge in [-0.3, -0.25) is 0 Å². The van der Waals surface area contributed by atoms with Crippen molar-refractivity contribution in [1.82, 2.24) is 5.32 Å². The van der Waals surface area contributed by atoms with E-state index in [1.54, 1.807) is 0 Å². The Balaban J connectivity index is 0. The molecule has 0 rings (SSSR count). The maximum atomic E-state index is 5.11. The minimum atomic E-state index is 0.333. The lowest BCUT2D eigenvalue weighted by Crippen LogP contribution is -2.06. The van der Waals surface area contributed by atoms with Gasteiger partial charge in [0.1, 0.15) is 0 Å². The van der Waals surface area contributed by atoms with E-state index >= 15 is 0 Å². The second-order valence-electron chi connectivity index (χ2n) is 2.35. The summed E-state index contributed by atoms with van der Waals surface area (Å²) in [5.41, 5.74) is 5.11. The first-order valence-corrected chi connectivity index (χ1v) is 3.55. The molecule has 58 valence electrons. The van der Waals surface area contributed by atoms with Gasteiger partial charge in [0, 0.05) is 0 Å². The highest BCUT2D eigenvalue weighted by Gasteiger charge is 1.67. The van der Waals surface area contributed by atoms with E-state index in [1.165, 1.54) is 6.42 Å². The fourth-order valence-electron chi connectivity index (χ4n) is 0.250. The van der Waals surface area contributed by atoms with Gasteiger partial charge < -0.3 is 11.1 Å². The Hall–Kier alpha value is -0.0800. The van der Waals surface area contributed by atoms with Crippen molar-refractivity contribution in [2.45, 2.75) is 33.2 Å². The van der Waals surface area contributed by atoms with Crippen LogP contribution in [0.15, 0.2) is 0 Å². The predicted octanol–water partition coefficient (Wildman–Crippen LogP) is 0.969. The van der Waals surface area contributed by atoms with Gasteiger partial charge in [-0.2, -0.15) is 0 Å². The lowest BCUT2D eigenvalue weighted by molar-refractivity contribution is 0.772. The first kappa shape index (κ1) is 11.7. The van der Waals surface area contributed by atoms with E-state index in [9.17, 15) is 0 Å². The molecular formula is C7H20N2. The summed E-state index contributed by atoms with van der Waals surface area (Å²) in [5, 5.41) is 3.02. The number of nitrogens with two attached hydrogens (primary N) is 1. The van der Waals surface area contributed by atoms with Crippen molar-refractivity contribution in [3.05, 3.63) is 0 Å². The van der Waals surface area contributed by atoms with Gasteiger partial charge in [0.05, 0.1) is 0 Å². The number of hydrogen-bond donors (Lipinski definition) is 2. The van der Waals surface area contributed by atoms with Crippen molar-refractivity contribution in [2.75, 3.05) is 13.6 Å². The van der Waals surface area contributed by atoms with E-state index in [-0.39, 0.29) is 0 Å². The normalized spacial score (nSPS) is 8.67. The van der Waals surface area contributed by atoms with Crippen LogP contribution < -0.4 is 11.1 Å². The molecule has 0 heterocycles. The molecule has 0 bridgehead atoms. The van der Waals surface area contributed by atoms with E-state index in [1.807, 2.05) is 20.9 Å². The summed E-state index contributed by atoms with van der Waals surface area (Å²) in [4.78, 5) is 0. The molecule has 0 amide bonds. The molecule has 0 radical (unpaired) electrons. The summed E-state index contributed by atoms with van der Waals surface area (Å²) >= 11 is 0. The summed E-state index contributed by atoms with van der Waals surface area (Å²) in [7, 11) is 1.96. The zero-order valence-electron chi connectivity index (χ0n) is 7.07. The third-order valence-electron chi connectivity index (χ3n) is 0.500. The average molecular weight is 132 g/mol. The monoisotopic (exact) mass is 132 g/mol. The molecular weight excluding hydrogens is 112 g/mol. The first-order chi connectivity index (χ1) is 4.15. The van der Waals surface area contributed by atoms with Crippen LogP contribution in [0.1, 0.15) is 27.2 Å². The maximum Gasteiger partial charge on any atom is -0.00179 e. The van der Waals surface area contributed by atoms with Crippen molar-refractivity contribution in [3.8, 4) is 0 Å². The third-order valence-corrected chi connectivity index (χ3v) is 0.500. The molecule has 0 aliphatic heterocycles. The van der Waals surface area contributed by atoms with Crippen LogP contribution >= 0.6 is 0 Å². The third kappa shape index (κ3) is 75.3. The molecule has 0 aliphatic carbocycles. The fraction of sp³-hybridized carbons (Fsp3) is 1.00. The largest absolute Gasteiger partial charge is 0.328 e. The molecule has 0 saturated heterocycles. The molecule has 0 saturated carbocycles. The van der Waals surface area contributed by atoms with Gasteiger partial charge in [0.15, 0.2) is 0 Å². The van der Waals surface area contributed by atoms with Gasteiger partial charge in [-0.1, -0.05) is 20.8 Å². The van der Waals surface area contributed by atoms with Crippen LogP contribution in [-0.4, -0.2) is 19.6 Å². The maximum absolute atomic E-state index is 5.11. The summed E-state index contributed by atoms with van der Waals surface area (Å²) in [5.74, 6) is 0. The quantitative estimate of drug-likeness (QED) is 0.587. The second-order valence-corrected chi connectivity index (χ2v) is 2.35. The fourth-order valence-corrected chi connectivity index (χ4v) is 0.250. The van der Waals surface area contributed by atoms with Crippen molar-refractivity contribution in [3.63, 3.8) is 0 Å². The molecule has 0 aromatic heterocycles. The molecule has 0 aromatic carbocycles. The summed E-state index contributed by atoms with van der Waals surface area (Å²) < 4.78 is 0. The van der Waals surface area contributed by atoms with Crippen LogP contribution in [0.5, 0.6) is 0 Å². The van der Waals surface area contributed by atoms with E-state index in [0.29, 0.717) is 6.04 Å². The highest BCUT2D eigenvalue weighted by atomic mass is 14.8. The topological polar surface area (TPSA) is 38.0 Å². The highest BCUT2D eigenvalue weighted by Crippen LogP contribution is 1.62. The zero-order chi connectivity index (χ0) is 7.70. The lowest BCUT2D eigenvalue weighted by atomic mass is 10.5. The zero-order valence-corrected chi connectivity index (χ0v) is 7.07. The smallest absolute Gasteiger partial charge is 0.00179 e. The van der Waals surface area contributed by atoms with Crippen LogP contribution in [0.4, 0.5) is 0 Å². The van der Waals surface area contributed by atoms with Crippen LogP contribution in [0.2, 0.25) is 0 Å². The van der Waals surface area contributed by atoms with Gasteiger partial charge in [-0.25, -0.2) is 0 Å². The molecule has 2 nitrogen and oxygen atoms in total. The minimum Gasteiger partial charge on any atom is -0.328 e. The van der Waals surface area contributed by atoms with E-state index in [0.717, 1.165) is 6.54 Å². The van der Waals surface area contributed by atoms with Gasteiger partial charge in [0.25, 0.3) is 0 Å². The van der Waals surface area contributed by atoms with Crippen molar-refractivity contribution in [1.29, 1.82) is 0 Å². The molecule has 0 fully saturated rings. The van der Waals surface area contributed by atoms with Crippen LogP contribution in [0.3, 0.4) is 0 Å². The molecule has 0 atom stereocenters. The Bertz CT molecular complexity index is 31.1. The van der Waals surface area contributed by atoms with Crippen molar-refractivity contribution in [2.24, 2.45) is 5.73 Å². The number of hydrogen-bond acceptors (Lipinski definition) is 2. The molecule has 0 spiro atoms. The van der Waals surface area contributed by atoms with E-state index in [4.69, 9.17) is 5.73 Å². The Kier molecular flexibility index (Phi) is 14.0. The van der Waals surface area contributed by atoms with Gasteiger partial charge in [-0.15, -0.1) is 0 Å². The average Bonchev–Trinajstić information content (AvgIpc) is 1.66. The summed E-state index contributed by atoms with van der Waals surface area (Å²) in [6, 6.07) is 0.333. The number of rotatable bonds is 2. The van der Waals surface area contributed by atoms with Crippen LogP contribution in [-0.2, 0) is 0 Å². The lowest BCUT2D eigenvalue weighted by Gasteiger charge is -1.84. The van der Waals surface area contributed by atoms with Crippen LogP contribution in [0, 0.1) is 0 Å². The Morgan fingerprint density at radius 2 is 1.78 bits per heavy atom. The molecule has 2 heteroatoms. The van der Waals surface area contributed by atoms with Gasteiger partial charge >= 0.3 is 0 Å². The predicted molar refractivity (Wildman–Crippen MR) is 43.5 cm³/mol. The molecule has 3 N–H and O–H groups in total. The Morgan fingerprint density at radius 3 is 1.78 bits per heavy atom. The standard InChI is InChI=1S/C4H11N.C3H9N/c1-3-4-5-2;1-3(2)4/h5H,3-4H2,1-2H3;3H,4H2,1-2H3.